The Kier molecular flexibility index (Phi) is 7.24. The van der Waals surface area contributed by atoms with Crippen molar-refractivity contribution in [2.75, 3.05) is 20.2 Å². The lowest BCUT2D eigenvalue weighted by atomic mass is 9.55. The van der Waals surface area contributed by atoms with Crippen LogP contribution < -0.4 is 4.74 Å². The molecular formula is C33H41N3O2. The molecule has 3 aromatic rings. The second-order valence-corrected chi connectivity index (χ2v) is 12.0. The summed E-state index contributed by atoms with van der Waals surface area (Å²) in [4.78, 5) is 11.7. The molecule has 2 aromatic heterocycles. The molecule has 1 N–H and O–H groups in total. The first-order valence-corrected chi connectivity index (χ1v) is 14.5. The molecule has 0 unspecified atom stereocenters. The summed E-state index contributed by atoms with van der Waals surface area (Å²) < 4.78 is 5.52. The molecule has 3 aliphatic rings. The van der Waals surface area contributed by atoms with Crippen LogP contribution in [0.25, 0.3) is 0 Å². The summed E-state index contributed by atoms with van der Waals surface area (Å²) in [5, 5.41) is 12.0. The summed E-state index contributed by atoms with van der Waals surface area (Å²) >= 11 is 0. The minimum atomic E-state index is -0.307. The highest BCUT2D eigenvalue weighted by molar-refractivity contribution is 5.41. The van der Waals surface area contributed by atoms with Crippen molar-refractivity contribution in [1.82, 2.24) is 14.9 Å². The Balaban J connectivity index is 1.24. The number of aliphatic hydroxyl groups is 1. The molecule has 0 spiro atoms. The van der Waals surface area contributed by atoms with Crippen LogP contribution in [-0.2, 0) is 19.3 Å². The Hall–Kier alpha value is -2.76. The van der Waals surface area contributed by atoms with Gasteiger partial charge in [0.05, 0.1) is 13.2 Å². The number of rotatable bonds is 8. The summed E-state index contributed by atoms with van der Waals surface area (Å²) in [6.45, 7) is 4.20. The van der Waals surface area contributed by atoms with Gasteiger partial charge < -0.3 is 9.84 Å². The molecule has 5 heteroatoms. The first kappa shape index (κ1) is 25.5. The number of hydrogen-bond donors (Lipinski definition) is 1. The number of aryl methyl sites for hydroxylation is 1. The van der Waals surface area contributed by atoms with Gasteiger partial charge in [-0.05, 0) is 103 Å². The number of ether oxygens (including phenoxy) is 1. The van der Waals surface area contributed by atoms with E-state index in [0.29, 0.717) is 17.8 Å². The summed E-state index contributed by atoms with van der Waals surface area (Å²) in [5.74, 6) is 2.76. The molecule has 5 nitrogen and oxygen atoms in total. The third-order valence-electron chi connectivity index (χ3n) is 10.1. The average molecular weight is 512 g/mol. The van der Waals surface area contributed by atoms with E-state index in [4.69, 9.17) is 4.74 Å². The first-order valence-electron chi connectivity index (χ1n) is 14.5. The summed E-state index contributed by atoms with van der Waals surface area (Å²) in [6.07, 6.45) is 10.9. The van der Waals surface area contributed by atoms with E-state index >= 15 is 0 Å². The van der Waals surface area contributed by atoms with Gasteiger partial charge in [0, 0.05) is 55.8 Å². The highest BCUT2D eigenvalue weighted by atomic mass is 16.5. The van der Waals surface area contributed by atoms with E-state index in [-0.39, 0.29) is 17.6 Å². The van der Waals surface area contributed by atoms with Gasteiger partial charge in [-0.3, -0.25) is 14.9 Å². The molecule has 0 saturated heterocycles. The summed E-state index contributed by atoms with van der Waals surface area (Å²) in [6, 6.07) is 19.2. The van der Waals surface area contributed by atoms with E-state index in [9.17, 15) is 5.11 Å². The molecule has 0 radical (unpaired) electrons. The predicted octanol–water partition coefficient (Wildman–Crippen LogP) is 5.47. The van der Waals surface area contributed by atoms with Gasteiger partial charge >= 0.3 is 0 Å². The zero-order valence-corrected chi connectivity index (χ0v) is 22.8. The van der Waals surface area contributed by atoms with Gasteiger partial charge in [0.1, 0.15) is 5.75 Å². The van der Waals surface area contributed by atoms with Crippen LogP contribution in [0.3, 0.4) is 0 Å². The molecule has 38 heavy (non-hydrogen) atoms. The number of fused-ring (bicyclic) bond motifs is 5. The zero-order chi connectivity index (χ0) is 26.1. The number of aliphatic hydroxyl groups excluding tert-OH is 1. The fourth-order valence-corrected chi connectivity index (χ4v) is 8.07. The third kappa shape index (κ3) is 4.76. The van der Waals surface area contributed by atoms with Crippen molar-refractivity contribution in [3.05, 3.63) is 89.5 Å². The minimum Gasteiger partial charge on any atom is -0.497 e. The SMILES string of the molecule is COc1ccc2c(c1)CC[C@@H]1[C@@H]2CC[C@]2(C)[C@@H](O)[C@H](N(CCc3ccccn3)CCc3ccccn3)C[C@@H]12. The number of methoxy groups -OCH3 is 1. The standard InChI is InChI=1S/C33H41N3O2/c1-33-16-13-28-27-12-10-26(38-2)21-23(27)9-11-29(28)30(33)22-31(32(33)37)36(19-14-24-7-3-5-17-34-24)20-15-25-8-4-6-18-35-25/h3-8,10,12,17-18,21,28-32,37H,9,11,13-16,19-20,22H2,1-2H3/t28-,29-,30+,31-,32+,33+/m1/s1. The second-order valence-electron chi connectivity index (χ2n) is 12.0. The van der Waals surface area contributed by atoms with Crippen molar-refractivity contribution in [2.24, 2.45) is 17.3 Å². The van der Waals surface area contributed by atoms with Crippen LogP contribution in [0.15, 0.2) is 67.0 Å². The second kappa shape index (κ2) is 10.8. The van der Waals surface area contributed by atoms with Gasteiger partial charge in [0.2, 0.25) is 0 Å². The van der Waals surface area contributed by atoms with Crippen molar-refractivity contribution in [2.45, 2.75) is 69.9 Å². The maximum Gasteiger partial charge on any atom is 0.119 e. The van der Waals surface area contributed by atoms with E-state index < -0.39 is 0 Å². The van der Waals surface area contributed by atoms with Gasteiger partial charge in [0.25, 0.3) is 0 Å². The predicted molar refractivity (Wildman–Crippen MR) is 150 cm³/mol. The van der Waals surface area contributed by atoms with Crippen molar-refractivity contribution in [3.8, 4) is 5.75 Å². The van der Waals surface area contributed by atoms with Crippen LogP contribution in [0.2, 0.25) is 0 Å². The van der Waals surface area contributed by atoms with E-state index in [0.717, 1.165) is 62.3 Å². The number of aromatic nitrogens is 2. The summed E-state index contributed by atoms with van der Waals surface area (Å²) in [7, 11) is 1.76. The van der Waals surface area contributed by atoms with E-state index in [1.807, 2.05) is 24.5 Å². The van der Waals surface area contributed by atoms with Crippen molar-refractivity contribution in [1.29, 1.82) is 0 Å². The highest BCUT2D eigenvalue weighted by Crippen LogP contribution is 2.61. The number of benzene rings is 1. The molecule has 2 saturated carbocycles. The maximum absolute atomic E-state index is 12.0. The molecule has 3 aliphatic carbocycles. The number of nitrogens with zero attached hydrogens (tertiary/aromatic N) is 3. The third-order valence-corrected chi connectivity index (χ3v) is 10.1. The van der Waals surface area contributed by atoms with Gasteiger partial charge in [0.15, 0.2) is 0 Å². The molecule has 2 fully saturated rings. The monoisotopic (exact) mass is 511 g/mol. The van der Waals surface area contributed by atoms with Crippen LogP contribution >= 0.6 is 0 Å². The van der Waals surface area contributed by atoms with Crippen LogP contribution in [0.4, 0.5) is 0 Å². The van der Waals surface area contributed by atoms with Gasteiger partial charge in [-0.25, -0.2) is 0 Å². The van der Waals surface area contributed by atoms with Gasteiger partial charge in [-0.1, -0.05) is 25.1 Å². The Labute approximate surface area is 227 Å². The zero-order valence-electron chi connectivity index (χ0n) is 22.8. The van der Waals surface area contributed by atoms with Crippen LogP contribution in [-0.4, -0.2) is 52.3 Å². The Bertz CT molecular complexity index is 1180. The summed E-state index contributed by atoms with van der Waals surface area (Å²) in [5.41, 5.74) is 5.21. The minimum absolute atomic E-state index is 0.0238. The Morgan fingerprint density at radius 3 is 2.32 bits per heavy atom. The molecule has 1 aromatic carbocycles. The van der Waals surface area contributed by atoms with Crippen molar-refractivity contribution in [3.63, 3.8) is 0 Å². The quantitative estimate of drug-likeness (QED) is 0.435. The lowest BCUT2D eigenvalue weighted by Gasteiger charge is -2.50. The van der Waals surface area contributed by atoms with E-state index in [1.165, 1.54) is 24.0 Å². The van der Waals surface area contributed by atoms with Crippen molar-refractivity contribution < 1.29 is 9.84 Å². The maximum atomic E-state index is 12.0. The van der Waals surface area contributed by atoms with Gasteiger partial charge in [-0.2, -0.15) is 0 Å². The molecule has 0 aliphatic heterocycles. The molecule has 200 valence electrons. The lowest BCUT2D eigenvalue weighted by molar-refractivity contribution is -0.0407. The highest BCUT2D eigenvalue weighted by Gasteiger charge is 2.58. The fourth-order valence-electron chi connectivity index (χ4n) is 8.07. The van der Waals surface area contributed by atoms with Crippen LogP contribution in [0, 0.1) is 17.3 Å². The number of pyridine rings is 2. The smallest absolute Gasteiger partial charge is 0.119 e. The topological polar surface area (TPSA) is 58.5 Å². The van der Waals surface area contributed by atoms with Crippen molar-refractivity contribution >= 4 is 0 Å². The lowest BCUT2D eigenvalue weighted by Crippen LogP contribution is -2.48. The fraction of sp³-hybridized carbons (Fsp3) is 0.515. The van der Waals surface area contributed by atoms with E-state index in [2.05, 4.69) is 64.3 Å². The number of hydrogen-bond acceptors (Lipinski definition) is 5. The molecular weight excluding hydrogens is 470 g/mol. The average Bonchev–Trinajstić information content (AvgIpc) is 3.24. The van der Waals surface area contributed by atoms with E-state index in [1.54, 1.807) is 7.11 Å². The molecule has 0 amide bonds. The normalized spacial score (nSPS) is 29.9. The molecule has 6 rings (SSSR count). The molecule has 2 heterocycles. The molecule has 0 bridgehead atoms. The van der Waals surface area contributed by atoms with Crippen LogP contribution in [0.1, 0.15) is 61.0 Å². The van der Waals surface area contributed by atoms with Gasteiger partial charge in [-0.15, -0.1) is 0 Å². The Morgan fingerprint density at radius 2 is 1.68 bits per heavy atom. The largest absolute Gasteiger partial charge is 0.497 e. The Morgan fingerprint density at radius 1 is 0.974 bits per heavy atom. The molecule has 6 atom stereocenters. The van der Waals surface area contributed by atoms with Crippen LogP contribution in [0.5, 0.6) is 5.75 Å². The first-order chi connectivity index (χ1) is 18.6.